The van der Waals surface area contributed by atoms with Crippen molar-refractivity contribution in [1.82, 2.24) is 9.80 Å². The molecule has 1 heterocycles. The van der Waals surface area contributed by atoms with Crippen LogP contribution in [-0.2, 0) is 0 Å². The van der Waals surface area contributed by atoms with E-state index in [0.717, 1.165) is 29.9 Å². The Morgan fingerprint density at radius 2 is 1.80 bits per heavy atom. The second-order valence-corrected chi connectivity index (χ2v) is 6.51. The zero-order chi connectivity index (χ0) is 17.6. The summed E-state index contributed by atoms with van der Waals surface area (Å²) < 4.78 is 0. The van der Waals surface area contributed by atoms with Crippen molar-refractivity contribution < 1.29 is 9.90 Å². The molecule has 2 amide bonds. The van der Waals surface area contributed by atoms with Crippen LogP contribution in [0, 0.1) is 6.92 Å². The highest BCUT2D eigenvalue weighted by atomic mass is 16.3. The Morgan fingerprint density at radius 3 is 2.48 bits per heavy atom. The zero-order valence-electron chi connectivity index (χ0n) is 14.6. The number of hydrogen-bond donors (Lipinski definition) is 2. The van der Waals surface area contributed by atoms with E-state index in [2.05, 4.69) is 10.2 Å². The summed E-state index contributed by atoms with van der Waals surface area (Å²) in [6.07, 6.45) is -0.492. The van der Waals surface area contributed by atoms with Crippen molar-refractivity contribution in [2.45, 2.75) is 13.0 Å². The molecule has 0 aliphatic carbocycles. The summed E-state index contributed by atoms with van der Waals surface area (Å²) in [6.45, 7) is 5.47. The lowest BCUT2D eigenvalue weighted by Gasteiger charge is -2.35. The molecule has 25 heavy (non-hydrogen) atoms. The molecule has 0 bridgehead atoms. The number of piperazine rings is 1. The van der Waals surface area contributed by atoms with Gasteiger partial charge in [-0.1, -0.05) is 42.5 Å². The minimum absolute atomic E-state index is 0.0612. The highest BCUT2D eigenvalue weighted by Gasteiger charge is 2.23. The quantitative estimate of drug-likeness (QED) is 0.900. The fraction of sp³-hybridized carbons (Fsp3) is 0.350. The molecular weight excluding hydrogens is 314 g/mol. The molecule has 3 rings (SSSR count). The lowest BCUT2D eigenvalue weighted by molar-refractivity contribution is 0.0831. The summed E-state index contributed by atoms with van der Waals surface area (Å²) in [6, 6.07) is 17.4. The highest BCUT2D eigenvalue weighted by molar-refractivity contribution is 5.89. The number of nitrogens with one attached hydrogen (secondary N) is 1. The van der Waals surface area contributed by atoms with Crippen LogP contribution in [0.3, 0.4) is 0 Å². The maximum Gasteiger partial charge on any atom is 0.321 e. The number of aliphatic hydroxyl groups excluding tert-OH is 1. The fourth-order valence-electron chi connectivity index (χ4n) is 3.08. The Kier molecular flexibility index (Phi) is 5.68. The van der Waals surface area contributed by atoms with E-state index >= 15 is 0 Å². The van der Waals surface area contributed by atoms with Crippen molar-refractivity contribution in [2.75, 3.05) is 38.0 Å². The Morgan fingerprint density at radius 1 is 1.08 bits per heavy atom. The monoisotopic (exact) mass is 339 g/mol. The van der Waals surface area contributed by atoms with Crippen LogP contribution >= 0.6 is 0 Å². The van der Waals surface area contributed by atoms with Gasteiger partial charge in [0.05, 0.1) is 6.10 Å². The van der Waals surface area contributed by atoms with Crippen molar-refractivity contribution in [3.63, 3.8) is 0 Å². The average molecular weight is 339 g/mol. The summed E-state index contributed by atoms with van der Waals surface area (Å²) in [5.41, 5.74) is 2.88. The molecule has 5 nitrogen and oxygen atoms in total. The molecule has 1 aliphatic heterocycles. The third-order valence-corrected chi connectivity index (χ3v) is 4.54. The van der Waals surface area contributed by atoms with Gasteiger partial charge in [0, 0.05) is 38.4 Å². The summed E-state index contributed by atoms with van der Waals surface area (Å²) in [7, 11) is 0. The first-order valence-corrected chi connectivity index (χ1v) is 8.70. The molecule has 1 fully saturated rings. The summed E-state index contributed by atoms with van der Waals surface area (Å²) >= 11 is 0. The van der Waals surface area contributed by atoms with E-state index in [1.54, 1.807) is 0 Å². The maximum atomic E-state index is 12.4. The lowest BCUT2D eigenvalue weighted by atomic mass is 10.1. The number of nitrogens with zero attached hydrogens (tertiary/aromatic N) is 2. The Balaban J connectivity index is 1.47. The first-order chi connectivity index (χ1) is 12.1. The predicted molar refractivity (Wildman–Crippen MR) is 99.6 cm³/mol. The molecule has 0 aromatic heterocycles. The van der Waals surface area contributed by atoms with Gasteiger partial charge in [-0.15, -0.1) is 0 Å². The van der Waals surface area contributed by atoms with Crippen LogP contribution < -0.4 is 5.32 Å². The van der Waals surface area contributed by atoms with Gasteiger partial charge in [-0.25, -0.2) is 4.79 Å². The van der Waals surface area contributed by atoms with Crippen molar-refractivity contribution >= 4 is 11.7 Å². The number of carbonyl (C=O) groups is 1. The highest BCUT2D eigenvalue weighted by Crippen LogP contribution is 2.16. The van der Waals surface area contributed by atoms with Gasteiger partial charge in [0.2, 0.25) is 0 Å². The van der Waals surface area contributed by atoms with Crippen molar-refractivity contribution in [3.05, 3.63) is 65.7 Å². The molecule has 2 aromatic rings. The number of hydrogen-bond acceptors (Lipinski definition) is 3. The average Bonchev–Trinajstić information content (AvgIpc) is 2.63. The maximum absolute atomic E-state index is 12.4. The molecule has 132 valence electrons. The summed E-state index contributed by atoms with van der Waals surface area (Å²) in [5, 5.41) is 13.3. The van der Waals surface area contributed by atoms with Gasteiger partial charge in [-0.3, -0.25) is 4.90 Å². The third kappa shape index (κ3) is 4.81. The van der Waals surface area contributed by atoms with Crippen LogP contribution in [0.25, 0.3) is 0 Å². The Hall–Kier alpha value is -2.37. The molecule has 1 atom stereocenters. The van der Waals surface area contributed by atoms with Crippen LogP contribution in [0.2, 0.25) is 0 Å². The van der Waals surface area contributed by atoms with Crippen LogP contribution in [0.5, 0.6) is 0 Å². The van der Waals surface area contributed by atoms with Crippen LogP contribution in [0.4, 0.5) is 10.5 Å². The number of aliphatic hydroxyl groups is 1. The van der Waals surface area contributed by atoms with Crippen LogP contribution in [0.1, 0.15) is 17.2 Å². The molecular formula is C20H25N3O2. The molecule has 5 heteroatoms. The topological polar surface area (TPSA) is 55.8 Å². The molecule has 0 unspecified atom stereocenters. The van der Waals surface area contributed by atoms with E-state index < -0.39 is 6.10 Å². The SMILES string of the molecule is Cc1cccc(NC(=O)N2CCN(C[C@@H](O)c3ccccc3)CC2)c1. The number of carbonyl (C=O) groups excluding carboxylic acids is 1. The van der Waals surface area contributed by atoms with Gasteiger partial charge in [0.1, 0.15) is 0 Å². The number of rotatable bonds is 4. The second kappa shape index (κ2) is 8.14. The van der Waals surface area contributed by atoms with E-state index in [1.165, 1.54) is 0 Å². The number of aryl methyl sites for hydroxylation is 1. The van der Waals surface area contributed by atoms with Crippen LogP contribution in [-0.4, -0.2) is 53.7 Å². The smallest absolute Gasteiger partial charge is 0.321 e. The van der Waals surface area contributed by atoms with Crippen molar-refractivity contribution in [3.8, 4) is 0 Å². The standard InChI is InChI=1S/C20H25N3O2/c1-16-6-5-9-18(14-16)21-20(25)23-12-10-22(11-13-23)15-19(24)17-7-3-2-4-8-17/h2-9,14,19,24H,10-13,15H2,1H3,(H,21,25)/t19-/m1/s1. The molecule has 1 saturated heterocycles. The van der Waals surface area contributed by atoms with Gasteiger partial charge in [-0.2, -0.15) is 0 Å². The minimum atomic E-state index is -0.492. The lowest BCUT2D eigenvalue weighted by Crippen LogP contribution is -2.50. The van der Waals surface area contributed by atoms with E-state index in [-0.39, 0.29) is 6.03 Å². The number of anilines is 1. The normalized spacial score (nSPS) is 16.5. The molecule has 1 aliphatic rings. The first-order valence-electron chi connectivity index (χ1n) is 8.70. The van der Waals surface area contributed by atoms with E-state index in [9.17, 15) is 9.90 Å². The molecule has 2 N–H and O–H groups in total. The number of benzene rings is 2. The van der Waals surface area contributed by atoms with Gasteiger partial charge in [-0.05, 0) is 30.2 Å². The number of β-amino-alcohol motifs (C(OH)–C–C–N with tert-alkyl or cyclic N) is 1. The third-order valence-electron chi connectivity index (χ3n) is 4.54. The minimum Gasteiger partial charge on any atom is -0.387 e. The van der Waals surface area contributed by atoms with E-state index in [1.807, 2.05) is 66.4 Å². The first kappa shape index (κ1) is 17.5. The largest absolute Gasteiger partial charge is 0.387 e. The molecule has 2 aromatic carbocycles. The van der Waals surface area contributed by atoms with Gasteiger partial charge in [0.25, 0.3) is 0 Å². The van der Waals surface area contributed by atoms with Crippen LogP contribution in [0.15, 0.2) is 54.6 Å². The summed E-state index contributed by atoms with van der Waals surface area (Å²) in [5.74, 6) is 0. The molecule has 0 spiro atoms. The van der Waals surface area contributed by atoms with Crippen molar-refractivity contribution in [1.29, 1.82) is 0 Å². The molecule has 0 saturated carbocycles. The number of amides is 2. The zero-order valence-corrected chi connectivity index (χ0v) is 14.6. The van der Waals surface area contributed by atoms with Gasteiger partial charge in [0.15, 0.2) is 0 Å². The fourth-order valence-corrected chi connectivity index (χ4v) is 3.08. The van der Waals surface area contributed by atoms with Crippen molar-refractivity contribution in [2.24, 2.45) is 0 Å². The van der Waals surface area contributed by atoms with Gasteiger partial charge >= 0.3 is 6.03 Å². The second-order valence-electron chi connectivity index (χ2n) is 6.51. The molecule has 0 radical (unpaired) electrons. The van der Waals surface area contributed by atoms with E-state index in [0.29, 0.717) is 19.6 Å². The summed E-state index contributed by atoms with van der Waals surface area (Å²) in [4.78, 5) is 16.4. The predicted octanol–water partition coefficient (Wildman–Crippen LogP) is 2.88. The Labute approximate surface area is 148 Å². The van der Waals surface area contributed by atoms with E-state index in [4.69, 9.17) is 0 Å². The number of urea groups is 1. The van der Waals surface area contributed by atoms with Gasteiger partial charge < -0.3 is 15.3 Å². The Bertz CT molecular complexity index is 697.